The quantitative estimate of drug-likeness (QED) is 0.176. The van der Waals surface area contributed by atoms with E-state index in [1.165, 1.54) is 31.3 Å². The summed E-state index contributed by atoms with van der Waals surface area (Å²) < 4.78 is 11.3. The van der Waals surface area contributed by atoms with Gasteiger partial charge in [0, 0.05) is 52.8 Å². The number of hydrogen-bond acceptors (Lipinski definition) is 5. The van der Waals surface area contributed by atoms with Gasteiger partial charge in [-0.1, -0.05) is 146 Å². The lowest BCUT2D eigenvalue weighted by atomic mass is 9.99. The SMILES string of the molecule is c1ccc(-c2cccc(-c3nc(-c4ccc5c(c4)sc4cccc(-c6ccccc6)c45)nc(-n4c5ccccc5c5ccc6c7ccccc7oc6c54)n3)c2)cc1. The van der Waals surface area contributed by atoms with Crippen LogP contribution in [0.25, 0.3) is 115 Å². The Balaban J connectivity index is 1.13. The molecule has 0 atom stereocenters. The summed E-state index contributed by atoms with van der Waals surface area (Å²) in [5, 5.41) is 6.80. The topological polar surface area (TPSA) is 56.7 Å². The van der Waals surface area contributed by atoms with Crippen molar-refractivity contribution in [3.63, 3.8) is 0 Å². The molecule has 0 aliphatic rings. The van der Waals surface area contributed by atoms with E-state index in [2.05, 4.69) is 168 Å². The van der Waals surface area contributed by atoms with Crippen LogP contribution >= 0.6 is 11.3 Å². The molecule has 0 aliphatic carbocycles. The average Bonchev–Trinajstić information content (AvgIpc) is 3.96. The van der Waals surface area contributed by atoms with Crippen molar-refractivity contribution in [2.75, 3.05) is 0 Å². The molecule has 0 unspecified atom stereocenters. The predicted molar refractivity (Wildman–Crippen MR) is 236 cm³/mol. The third-order valence-electron chi connectivity index (χ3n) is 11.1. The summed E-state index contributed by atoms with van der Waals surface area (Å²) in [6.45, 7) is 0. The van der Waals surface area contributed by atoms with E-state index in [9.17, 15) is 0 Å². The van der Waals surface area contributed by atoms with Gasteiger partial charge >= 0.3 is 0 Å². The Labute approximate surface area is 330 Å². The molecule has 0 amide bonds. The molecule has 0 fully saturated rings. The number of para-hydroxylation sites is 2. The molecule has 12 aromatic rings. The van der Waals surface area contributed by atoms with Crippen LogP contribution in [0.2, 0.25) is 0 Å². The van der Waals surface area contributed by atoms with Crippen LogP contribution in [0, 0.1) is 0 Å². The first-order chi connectivity index (χ1) is 28.2. The zero-order chi connectivity index (χ0) is 37.5. The van der Waals surface area contributed by atoms with E-state index < -0.39 is 0 Å². The lowest BCUT2D eigenvalue weighted by Crippen LogP contribution is -2.06. The standard InChI is InChI=1S/C51H30N4OS/c1-3-13-31(14-4-1)33-17-11-18-34(29-33)49-52-50(35-25-26-41-45(30-35)57-44-24-12-21-36(46(41)44)32-15-5-2-6-16-32)54-51(53-49)55-42-22-9-7-19-37(42)39-27-28-40-38-20-8-10-23-43(38)56-48(40)47(39)55/h1-30H. The Morgan fingerprint density at radius 3 is 1.91 bits per heavy atom. The highest BCUT2D eigenvalue weighted by molar-refractivity contribution is 7.26. The summed E-state index contributed by atoms with van der Waals surface area (Å²) in [5.74, 6) is 1.73. The third kappa shape index (κ3) is 5.04. The van der Waals surface area contributed by atoms with E-state index in [1.54, 1.807) is 11.3 Å². The monoisotopic (exact) mass is 746 g/mol. The van der Waals surface area contributed by atoms with Crippen molar-refractivity contribution in [1.82, 2.24) is 19.5 Å². The van der Waals surface area contributed by atoms with Crippen molar-refractivity contribution in [3.05, 3.63) is 182 Å². The zero-order valence-corrected chi connectivity index (χ0v) is 31.2. The number of hydrogen-bond donors (Lipinski definition) is 0. The number of thiophene rings is 1. The van der Waals surface area contributed by atoms with Crippen molar-refractivity contribution < 1.29 is 4.42 Å². The molecule has 0 radical (unpaired) electrons. The molecule has 4 aromatic heterocycles. The van der Waals surface area contributed by atoms with Gasteiger partial charge in [0.2, 0.25) is 5.95 Å². The van der Waals surface area contributed by atoms with Crippen LogP contribution in [-0.4, -0.2) is 19.5 Å². The molecule has 0 spiro atoms. The number of rotatable bonds is 5. The molecule has 57 heavy (non-hydrogen) atoms. The first-order valence-electron chi connectivity index (χ1n) is 19.0. The normalized spacial score (nSPS) is 11.9. The zero-order valence-electron chi connectivity index (χ0n) is 30.4. The summed E-state index contributed by atoms with van der Waals surface area (Å²) in [7, 11) is 0. The number of aromatic nitrogens is 4. The van der Waals surface area contributed by atoms with Crippen LogP contribution in [0.5, 0.6) is 0 Å². The number of nitrogens with zero attached hydrogens (tertiary/aromatic N) is 4. The number of furan rings is 1. The minimum Gasteiger partial charge on any atom is -0.454 e. The van der Waals surface area contributed by atoms with Gasteiger partial charge in [0.25, 0.3) is 0 Å². The predicted octanol–water partition coefficient (Wildman–Crippen LogP) is 13.9. The molecule has 0 aliphatic heterocycles. The first-order valence-corrected chi connectivity index (χ1v) is 19.8. The molecule has 4 heterocycles. The van der Waals surface area contributed by atoms with Gasteiger partial charge in [0.15, 0.2) is 17.2 Å². The van der Waals surface area contributed by atoms with Crippen molar-refractivity contribution in [2.24, 2.45) is 0 Å². The fraction of sp³-hybridized carbons (Fsp3) is 0. The summed E-state index contributed by atoms with van der Waals surface area (Å²) in [6, 6.07) is 63.8. The minimum atomic E-state index is 0.530. The van der Waals surface area contributed by atoms with Crippen molar-refractivity contribution in [1.29, 1.82) is 0 Å². The maximum absolute atomic E-state index is 6.68. The van der Waals surface area contributed by atoms with Gasteiger partial charge in [-0.2, -0.15) is 9.97 Å². The second kappa shape index (κ2) is 12.6. The van der Waals surface area contributed by atoms with Gasteiger partial charge in [-0.25, -0.2) is 4.98 Å². The highest BCUT2D eigenvalue weighted by Crippen LogP contribution is 2.43. The second-order valence-electron chi connectivity index (χ2n) is 14.4. The third-order valence-corrected chi connectivity index (χ3v) is 12.2. The first kappa shape index (κ1) is 31.9. The molecule has 0 N–H and O–H groups in total. The van der Waals surface area contributed by atoms with Gasteiger partial charge in [0.1, 0.15) is 11.1 Å². The highest BCUT2D eigenvalue weighted by atomic mass is 32.1. The maximum Gasteiger partial charge on any atom is 0.238 e. The van der Waals surface area contributed by atoms with Crippen LogP contribution in [0.3, 0.4) is 0 Å². The summed E-state index contributed by atoms with van der Waals surface area (Å²) in [5.41, 5.74) is 10.1. The Bertz CT molecular complexity index is 3530. The fourth-order valence-corrected chi connectivity index (χ4v) is 9.62. The smallest absolute Gasteiger partial charge is 0.238 e. The molecule has 266 valence electrons. The molecule has 0 saturated heterocycles. The van der Waals surface area contributed by atoms with Crippen LogP contribution in [0.15, 0.2) is 186 Å². The molecule has 12 rings (SSSR count). The van der Waals surface area contributed by atoms with E-state index >= 15 is 0 Å². The Morgan fingerprint density at radius 2 is 1.07 bits per heavy atom. The van der Waals surface area contributed by atoms with Crippen LogP contribution in [-0.2, 0) is 0 Å². The Hall–Kier alpha value is -7.41. The van der Waals surface area contributed by atoms with Crippen molar-refractivity contribution >= 4 is 75.3 Å². The lowest BCUT2D eigenvalue weighted by molar-refractivity contribution is 0.670. The number of fused-ring (bicyclic) bond motifs is 10. The fourth-order valence-electron chi connectivity index (χ4n) is 8.45. The Kier molecular flexibility index (Phi) is 7.03. The molecule has 0 bridgehead atoms. The molecular formula is C51H30N4OS. The van der Waals surface area contributed by atoms with E-state index in [1.807, 2.05) is 18.2 Å². The minimum absolute atomic E-state index is 0.530. The number of benzene rings is 8. The molecule has 6 heteroatoms. The highest BCUT2D eigenvalue weighted by Gasteiger charge is 2.22. The molecule has 0 saturated carbocycles. The Morgan fingerprint density at radius 1 is 0.421 bits per heavy atom. The van der Waals surface area contributed by atoms with Crippen molar-refractivity contribution in [2.45, 2.75) is 0 Å². The van der Waals surface area contributed by atoms with E-state index in [4.69, 9.17) is 19.4 Å². The lowest BCUT2D eigenvalue weighted by Gasteiger charge is -2.12. The molecular weight excluding hydrogens is 717 g/mol. The van der Waals surface area contributed by atoms with E-state index in [0.717, 1.165) is 66.0 Å². The second-order valence-corrected chi connectivity index (χ2v) is 15.5. The van der Waals surface area contributed by atoms with E-state index in [0.29, 0.717) is 17.6 Å². The van der Waals surface area contributed by atoms with Crippen molar-refractivity contribution in [3.8, 4) is 51.0 Å². The van der Waals surface area contributed by atoms with Gasteiger partial charge in [-0.15, -0.1) is 11.3 Å². The van der Waals surface area contributed by atoms with Crippen LogP contribution in [0.4, 0.5) is 0 Å². The summed E-state index contributed by atoms with van der Waals surface area (Å²) >= 11 is 1.80. The van der Waals surface area contributed by atoms with Gasteiger partial charge in [0.05, 0.1) is 5.52 Å². The molecule has 8 aromatic carbocycles. The summed E-state index contributed by atoms with van der Waals surface area (Å²) in [6.07, 6.45) is 0. The van der Waals surface area contributed by atoms with Crippen LogP contribution < -0.4 is 0 Å². The largest absolute Gasteiger partial charge is 0.454 e. The van der Waals surface area contributed by atoms with Crippen LogP contribution in [0.1, 0.15) is 0 Å². The molecule has 5 nitrogen and oxygen atoms in total. The van der Waals surface area contributed by atoms with E-state index in [-0.39, 0.29) is 0 Å². The van der Waals surface area contributed by atoms with Gasteiger partial charge < -0.3 is 4.42 Å². The van der Waals surface area contributed by atoms with Gasteiger partial charge in [-0.3, -0.25) is 4.57 Å². The average molecular weight is 747 g/mol. The van der Waals surface area contributed by atoms with Gasteiger partial charge in [-0.05, 0) is 58.7 Å². The summed E-state index contributed by atoms with van der Waals surface area (Å²) in [4.78, 5) is 15.9. The maximum atomic E-state index is 6.68.